The van der Waals surface area contributed by atoms with Crippen molar-refractivity contribution in [1.82, 2.24) is 0 Å². The van der Waals surface area contributed by atoms with Crippen molar-refractivity contribution in [2.75, 3.05) is 26.4 Å². The maximum atomic E-state index is 12.7. The Bertz CT molecular complexity index is 1330. The van der Waals surface area contributed by atoms with Gasteiger partial charge in [-0.2, -0.15) is 0 Å². The number of aliphatic hydroxyl groups excluding tert-OH is 2. The van der Waals surface area contributed by atoms with E-state index in [1.165, 1.54) is 77.0 Å². The van der Waals surface area contributed by atoms with Gasteiger partial charge < -0.3 is 34.4 Å². The van der Waals surface area contributed by atoms with Gasteiger partial charge in [-0.1, -0.05) is 179 Å². The largest absolute Gasteiger partial charge is 0.472 e. The fraction of sp³-hybridized carbons (Fsp3) is 0.787. The number of unbranched alkanes of at least 4 members (excludes halogenated alkanes) is 15. The Morgan fingerprint density at radius 1 is 0.556 bits per heavy atom. The maximum absolute atomic E-state index is 12.7. The Hall–Kier alpha value is -1.96. The quantitative estimate of drug-likeness (QED) is 0.0166. The van der Waals surface area contributed by atoms with Gasteiger partial charge in [0.15, 0.2) is 6.10 Å². The molecule has 5 atom stereocenters. The van der Waals surface area contributed by atoms with E-state index in [1.54, 1.807) is 0 Å². The van der Waals surface area contributed by atoms with E-state index in [0.717, 1.165) is 63.7 Å². The first kappa shape index (κ1) is 61.0. The molecule has 0 radical (unpaired) electrons. The fourth-order valence-corrected chi connectivity index (χ4v) is 7.43. The highest BCUT2D eigenvalue weighted by atomic mass is 31.2. The Labute approximate surface area is 380 Å². The van der Waals surface area contributed by atoms with E-state index in [4.69, 9.17) is 23.8 Å². The van der Waals surface area contributed by atoms with Gasteiger partial charge in [0.2, 0.25) is 0 Å². The van der Waals surface area contributed by atoms with Crippen LogP contribution in [0.4, 0.5) is 0 Å². The van der Waals surface area contributed by atoms with Crippen LogP contribution in [0, 0.1) is 5.92 Å². The number of phosphoric ester groups is 2. The molecule has 5 N–H and O–H groups in total. The van der Waals surface area contributed by atoms with Crippen LogP contribution in [0.25, 0.3) is 0 Å². The van der Waals surface area contributed by atoms with Crippen molar-refractivity contribution in [3.8, 4) is 0 Å². The Morgan fingerprint density at radius 3 is 1.60 bits per heavy atom. The van der Waals surface area contributed by atoms with E-state index in [2.05, 4.69) is 48.0 Å². The van der Waals surface area contributed by atoms with Crippen molar-refractivity contribution in [2.45, 2.75) is 206 Å². The summed E-state index contributed by atoms with van der Waals surface area (Å²) in [7, 11) is -9.71. The van der Waals surface area contributed by atoms with E-state index >= 15 is 0 Å². The fourth-order valence-electron chi connectivity index (χ4n) is 6.28. The molecule has 0 aromatic heterocycles. The summed E-state index contributed by atoms with van der Waals surface area (Å²) in [4.78, 5) is 52.8. The lowest BCUT2D eigenvalue weighted by Gasteiger charge is -2.20. The second-order valence-electron chi connectivity index (χ2n) is 16.4. The number of hydrogen-bond acceptors (Lipinski definition) is 11. The first-order valence-corrected chi connectivity index (χ1v) is 26.8. The minimum absolute atomic E-state index is 0.0390. The minimum Gasteiger partial charge on any atom is -0.462 e. The third-order valence-corrected chi connectivity index (χ3v) is 11.8. The summed E-state index contributed by atoms with van der Waals surface area (Å²) in [6, 6.07) is 0. The Kier molecular flexibility index (Phi) is 40.2. The van der Waals surface area contributed by atoms with Gasteiger partial charge in [-0.3, -0.25) is 23.2 Å². The average Bonchev–Trinajstić information content (AvgIpc) is 3.24. The molecule has 0 aromatic carbocycles. The molecule has 0 heterocycles. The zero-order valence-electron chi connectivity index (χ0n) is 38.9. The second kappa shape index (κ2) is 41.5. The predicted octanol–water partition coefficient (Wildman–Crippen LogP) is 11.4. The van der Waals surface area contributed by atoms with Crippen LogP contribution in [0.2, 0.25) is 0 Å². The van der Waals surface area contributed by atoms with Crippen LogP contribution in [0.15, 0.2) is 48.6 Å². The van der Waals surface area contributed by atoms with Crippen molar-refractivity contribution in [3.05, 3.63) is 48.6 Å². The number of allylic oxidation sites excluding steroid dienone is 7. The van der Waals surface area contributed by atoms with Crippen LogP contribution in [-0.4, -0.2) is 81.6 Å². The van der Waals surface area contributed by atoms with Gasteiger partial charge >= 0.3 is 27.6 Å². The first-order chi connectivity index (χ1) is 30.2. The number of carbonyl (C=O) groups excluding carboxylic acids is 2. The first-order valence-electron chi connectivity index (χ1n) is 23.8. The lowest BCUT2D eigenvalue weighted by Crippen LogP contribution is -2.29. The van der Waals surface area contributed by atoms with Gasteiger partial charge in [0, 0.05) is 12.8 Å². The number of carbonyl (C=O) groups is 2. The summed E-state index contributed by atoms with van der Waals surface area (Å²) in [6.45, 7) is 3.91. The van der Waals surface area contributed by atoms with E-state index in [9.17, 15) is 33.8 Å². The third kappa shape index (κ3) is 45.0. The summed E-state index contributed by atoms with van der Waals surface area (Å²) in [5.74, 6) is -0.258. The Morgan fingerprint density at radius 2 is 1.05 bits per heavy atom. The second-order valence-corrected chi connectivity index (χ2v) is 19.1. The number of hydrogen-bond donors (Lipinski definition) is 5. The summed E-state index contributed by atoms with van der Waals surface area (Å²) in [5, 5.41) is 19.6. The molecule has 2 unspecified atom stereocenters. The topological polar surface area (TPSA) is 216 Å². The minimum atomic E-state index is -4.88. The van der Waals surface area contributed by atoms with E-state index in [-0.39, 0.29) is 18.9 Å². The van der Waals surface area contributed by atoms with E-state index in [0.29, 0.717) is 19.3 Å². The number of aliphatic hydroxyl groups is 2. The number of phosphoric acid groups is 2. The highest BCUT2D eigenvalue weighted by molar-refractivity contribution is 7.47. The molecule has 16 heteroatoms. The lowest BCUT2D eigenvalue weighted by molar-refractivity contribution is -0.161. The van der Waals surface area contributed by atoms with Crippen LogP contribution in [0.1, 0.15) is 188 Å². The van der Waals surface area contributed by atoms with Gasteiger partial charge in [-0.25, -0.2) is 9.13 Å². The molecule has 0 aliphatic rings. The zero-order chi connectivity index (χ0) is 46.9. The van der Waals surface area contributed by atoms with Gasteiger partial charge in [-0.05, 0) is 50.9 Å². The summed E-state index contributed by atoms with van der Waals surface area (Å²) in [6.07, 6.45) is 38.7. The monoisotopic (exact) mass is 937 g/mol. The highest BCUT2D eigenvalue weighted by Crippen LogP contribution is 2.43. The molecule has 0 aromatic rings. The van der Waals surface area contributed by atoms with Gasteiger partial charge in [0.05, 0.1) is 25.9 Å². The number of ether oxygens (including phenoxy) is 2. The van der Waals surface area contributed by atoms with Crippen molar-refractivity contribution < 1.29 is 66.7 Å². The molecule has 0 saturated heterocycles. The smallest absolute Gasteiger partial charge is 0.462 e. The molecule has 63 heavy (non-hydrogen) atoms. The predicted molar refractivity (Wildman–Crippen MR) is 250 cm³/mol. The van der Waals surface area contributed by atoms with Crippen LogP contribution >= 0.6 is 15.6 Å². The Balaban J connectivity index is 4.57. The van der Waals surface area contributed by atoms with Crippen molar-refractivity contribution >= 4 is 27.6 Å². The van der Waals surface area contributed by atoms with Gasteiger partial charge in [0.25, 0.3) is 0 Å². The van der Waals surface area contributed by atoms with Crippen LogP contribution < -0.4 is 0 Å². The normalized spacial score (nSPS) is 15.4. The summed E-state index contributed by atoms with van der Waals surface area (Å²) >= 11 is 0. The van der Waals surface area contributed by atoms with Crippen molar-refractivity contribution in [3.63, 3.8) is 0 Å². The highest BCUT2D eigenvalue weighted by Gasteiger charge is 2.28. The molecule has 368 valence electrons. The number of esters is 2. The third-order valence-electron chi connectivity index (χ3n) is 10.3. The molecule has 0 saturated carbocycles. The molecule has 0 fully saturated rings. The molecule has 0 aliphatic carbocycles. The molecular weight excluding hydrogens is 850 g/mol. The summed E-state index contributed by atoms with van der Waals surface area (Å²) < 4.78 is 47.8. The van der Waals surface area contributed by atoms with Crippen LogP contribution in [0.3, 0.4) is 0 Å². The molecule has 0 aliphatic heterocycles. The summed E-state index contributed by atoms with van der Waals surface area (Å²) in [5.41, 5.74) is 0. The maximum Gasteiger partial charge on any atom is 0.472 e. The molecule has 14 nitrogen and oxygen atoms in total. The van der Waals surface area contributed by atoms with Gasteiger partial charge in [0.1, 0.15) is 12.7 Å². The van der Waals surface area contributed by atoms with Crippen LogP contribution in [0.5, 0.6) is 0 Å². The standard InChI is InChI=1S/C47H86O14P2/c1-4-6-34-43(48)35-30-26-22-18-14-11-12-16-20-24-28-32-37-47(51)61-45(41-60-63(55,56)59-39-44(49)38-58-62(52,53)54)40-57-46(50)36-31-27-23-19-15-10-8-7-9-13-17-21-25-29-33-42(3)5-2/h11-12,18,20,22,24,30,35,42-45,48-49H,4-10,13-17,19,21,23,25-29,31-34,36-41H2,1-3H3,(H,55,56)(H2,52,53,54)/b12-11-,22-18-,24-20-,35-30-/t42?,43-,44+,45-/m1/s1. The SMILES string of the molecule is CCCC[C@@H](O)/C=C\C/C=C\C/C=C\C/C=C\CCCC(=O)O[C@H](COC(=O)CCCCCCCCCCCCCCCCC(C)CC)COP(=O)(O)OC[C@@H](O)COP(=O)(O)O. The zero-order valence-corrected chi connectivity index (χ0v) is 40.7. The van der Waals surface area contributed by atoms with Gasteiger partial charge in [-0.15, -0.1) is 0 Å². The van der Waals surface area contributed by atoms with Crippen molar-refractivity contribution in [2.24, 2.45) is 5.92 Å². The molecule has 0 rings (SSSR count). The lowest BCUT2D eigenvalue weighted by atomic mass is 9.99. The average molecular weight is 937 g/mol. The van der Waals surface area contributed by atoms with Crippen LogP contribution in [-0.2, 0) is 41.8 Å². The molecule has 0 bridgehead atoms. The number of rotatable bonds is 44. The molecule has 0 spiro atoms. The van der Waals surface area contributed by atoms with E-state index < -0.39 is 66.2 Å². The molecule has 0 amide bonds. The van der Waals surface area contributed by atoms with E-state index in [1.807, 2.05) is 30.4 Å². The van der Waals surface area contributed by atoms with Crippen molar-refractivity contribution in [1.29, 1.82) is 0 Å². The molecular formula is C47H86O14P2.